The van der Waals surface area contributed by atoms with Gasteiger partial charge in [-0.05, 0) is 6.92 Å². The summed E-state index contributed by atoms with van der Waals surface area (Å²) in [4.78, 5) is 0. The maximum atomic E-state index is 5.04. The molecular formula is C5H8O. The Morgan fingerprint density at radius 1 is 1.83 bits per heavy atom. The van der Waals surface area contributed by atoms with E-state index in [9.17, 15) is 0 Å². The summed E-state index contributed by atoms with van der Waals surface area (Å²) in [7, 11) is 0. The second kappa shape index (κ2) is 1.43. The van der Waals surface area contributed by atoms with Gasteiger partial charge in [-0.1, -0.05) is 12.2 Å². The lowest BCUT2D eigenvalue weighted by Crippen LogP contribution is -1.94. The lowest BCUT2D eigenvalue weighted by Gasteiger charge is -1.93. The molecule has 1 atom stereocenters. The van der Waals surface area contributed by atoms with Gasteiger partial charge in [-0.25, -0.2) is 0 Å². The maximum Gasteiger partial charge on any atom is 0.0732 e. The van der Waals surface area contributed by atoms with Crippen molar-refractivity contribution in [3.05, 3.63) is 12.2 Å². The lowest BCUT2D eigenvalue weighted by atomic mass is 10.4. The molecular weight excluding hydrogens is 76.1 g/mol. The molecule has 1 heterocycles. The molecule has 6 heavy (non-hydrogen) atoms. The molecule has 1 unspecified atom stereocenters. The lowest BCUT2D eigenvalue weighted by molar-refractivity contribution is 0.142. The molecule has 1 nitrogen and oxygen atoms in total. The quantitative estimate of drug-likeness (QED) is 0.397. The molecule has 1 aliphatic rings. The minimum Gasteiger partial charge on any atom is -0.370 e. The summed E-state index contributed by atoms with van der Waals surface area (Å²) in [6.07, 6.45) is 4.45. The summed E-state index contributed by atoms with van der Waals surface area (Å²) in [5, 5.41) is 0. The average molecular weight is 84.1 g/mol. The number of hydrogen-bond donors (Lipinski definition) is 0. The van der Waals surface area contributed by atoms with Crippen LogP contribution in [0.4, 0.5) is 0 Å². The van der Waals surface area contributed by atoms with Crippen LogP contribution in [-0.2, 0) is 4.74 Å². The number of hydrogen-bond acceptors (Lipinski definition) is 1. The third-order valence-corrected chi connectivity index (χ3v) is 0.862. The van der Waals surface area contributed by atoms with Gasteiger partial charge in [-0.3, -0.25) is 0 Å². The maximum absolute atomic E-state index is 5.04. The minimum atomic E-state index is 0.366. The fourth-order valence-corrected chi connectivity index (χ4v) is 0.510. The average Bonchev–Trinajstić information content (AvgIpc) is 1.86. The van der Waals surface area contributed by atoms with Crippen molar-refractivity contribution in [3.8, 4) is 0 Å². The second-order valence-electron chi connectivity index (χ2n) is 1.47. The molecule has 0 aliphatic carbocycles. The predicted octanol–water partition coefficient (Wildman–Crippen LogP) is 0.961. The van der Waals surface area contributed by atoms with Crippen LogP contribution >= 0.6 is 0 Å². The van der Waals surface area contributed by atoms with Crippen LogP contribution in [-0.4, -0.2) is 12.7 Å². The Balaban J connectivity index is 2.38. The summed E-state index contributed by atoms with van der Waals surface area (Å²) >= 11 is 0. The van der Waals surface area contributed by atoms with E-state index in [-0.39, 0.29) is 0 Å². The van der Waals surface area contributed by atoms with Gasteiger partial charge in [-0.2, -0.15) is 0 Å². The van der Waals surface area contributed by atoms with E-state index in [1.807, 2.05) is 13.0 Å². The first-order valence-electron chi connectivity index (χ1n) is 2.18. The molecule has 0 aromatic heterocycles. The van der Waals surface area contributed by atoms with E-state index < -0.39 is 0 Å². The van der Waals surface area contributed by atoms with Gasteiger partial charge in [0, 0.05) is 0 Å². The molecule has 0 N–H and O–H groups in total. The topological polar surface area (TPSA) is 9.23 Å². The van der Waals surface area contributed by atoms with E-state index in [4.69, 9.17) is 4.74 Å². The Bertz CT molecular complexity index is 66.3. The zero-order chi connectivity index (χ0) is 4.41. The molecule has 1 rings (SSSR count). The van der Waals surface area contributed by atoms with Gasteiger partial charge in [0.05, 0.1) is 12.7 Å². The Morgan fingerprint density at radius 2 is 2.67 bits per heavy atom. The molecule has 34 valence electrons. The van der Waals surface area contributed by atoms with Crippen LogP contribution < -0.4 is 0 Å². The summed E-state index contributed by atoms with van der Waals surface area (Å²) in [6.45, 7) is 2.84. The Labute approximate surface area is 37.6 Å². The first-order valence-corrected chi connectivity index (χ1v) is 2.18. The summed E-state index contributed by atoms with van der Waals surface area (Å²) in [5.41, 5.74) is 0. The smallest absolute Gasteiger partial charge is 0.0732 e. The first-order chi connectivity index (χ1) is 2.89. The monoisotopic (exact) mass is 84.1 g/mol. The molecule has 0 saturated carbocycles. The van der Waals surface area contributed by atoms with Crippen LogP contribution in [0.25, 0.3) is 0 Å². The highest BCUT2D eigenvalue weighted by atomic mass is 16.5. The predicted molar refractivity (Wildman–Crippen MR) is 24.6 cm³/mol. The van der Waals surface area contributed by atoms with Crippen molar-refractivity contribution in [2.45, 2.75) is 13.0 Å². The summed E-state index contributed by atoms with van der Waals surface area (Å²) < 4.78 is 5.04. The number of rotatable bonds is 0. The van der Waals surface area contributed by atoms with Gasteiger partial charge in [0.2, 0.25) is 0 Å². The highest BCUT2D eigenvalue weighted by Crippen LogP contribution is 1.99. The highest BCUT2D eigenvalue weighted by molar-refractivity contribution is 4.92. The third-order valence-electron chi connectivity index (χ3n) is 0.862. The molecule has 0 aromatic carbocycles. The normalized spacial score (nSPS) is 31.8. The largest absolute Gasteiger partial charge is 0.370 e. The van der Waals surface area contributed by atoms with Crippen LogP contribution in [0.3, 0.4) is 0 Å². The van der Waals surface area contributed by atoms with Crippen LogP contribution in [0.15, 0.2) is 12.2 Å². The van der Waals surface area contributed by atoms with Gasteiger partial charge in [0.1, 0.15) is 0 Å². The van der Waals surface area contributed by atoms with Crippen LogP contribution in [0.2, 0.25) is 0 Å². The van der Waals surface area contributed by atoms with Crippen molar-refractivity contribution in [2.24, 2.45) is 0 Å². The minimum absolute atomic E-state index is 0.366. The fourth-order valence-electron chi connectivity index (χ4n) is 0.510. The van der Waals surface area contributed by atoms with Gasteiger partial charge >= 0.3 is 0 Å². The van der Waals surface area contributed by atoms with Crippen LogP contribution in [0.5, 0.6) is 0 Å². The van der Waals surface area contributed by atoms with Gasteiger partial charge < -0.3 is 4.74 Å². The molecule has 0 fully saturated rings. The van der Waals surface area contributed by atoms with Crippen LogP contribution in [0, 0.1) is 0 Å². The van der Waals surface area contributed by atoms with Gasteiger partial charge in [0.25, 0.3) is 0 Å². The SMILES string of the molecule is CC1C=CCO1. The molecule has 1 heteroatoms. The molecule has 0 aromatic rings. The van der Waals surface area contributed by atoms with Gasteiger partial charge in [-0.15, -0.1) is 0 Å². The second-order valence-corrected chi connectivity index (χ2v) is 1.47. The molecule has 0 spiro atoms. The van der Waals surface area contributed by atoms with E-state index in [0.717, 1.165) is 6.61 Å². The van der Waals surface area contributed by atoms with E-state index >= 15 is 0 Å². The molecule has 0 radical (unpaired) electrons. The Morgan fingerprint density at radius 3 is 2.83 bits per heavy atom. The third kappa shape index (κ3) is 0.601. The van der Waals surface area contributed by atoms with Gasteiger partial charge in [0.15, 0.2) is 0 Å². The number of ether oxygens (including phenoxy) is 1. The van der Waals surface area contributed by atoms with E-state index in [0.29, 0.717) is 6.10 Å². The van der Waals surface area contributed by atoms with Crippen molar-refractivity contribution in [1.82, 2.24) is 0 Å². The van der Waals surface area contributed by atoms with E-state index in [1.54, 1.807) is 0 Å². The summed E-state index contributed by atoms with van der Waals surface area (Å²) in [5.74, 6) is 0. The molecule has 0 saturated heterocycles. The van der Waals surface area contributed by atoms with Crippen molar-refractivity contribution < 1.29 is 4.74 Å². The van der Waals surface area contributed by atoms with Crippen molar-refractivity contribution in [1.29, 1.82) is 0 Å². The molecule has 0 bridgehead atoms. The Hall–Kier alpha value is -0.300. The zero-order valence-corrected chi connectivity index (χ0v) is 3.85. The fraction of sp³-hybridized carbons (Fsp3) is 0.600. The summed E-state index contributed by atoms with van der Waals surface area (Å²) in [6, 6.07) is 0. The van der Waals surface area contributed by atoms with Crippen molar-refractivity contribution in [2.75, 3.05) is 6.61 Å². The molecule has 1 aliphatic heterocycles. The van der Waals surface area contributed by atoms with Crippen molar-refractivity contribution in [3.63, 3.8) is 0 Å². The first kappa shape index (κ1) is 3.88. The highest BCUT2D eigenvalue weighted by Gasteiger charge is 1.98. The standard InChI is InChI=1S/C5H8O/c1-5-3-2-4-6-5/h2-3,5H,4H2,1H3. The van der Waals surface area contributed by atoms with E-state index in [2.05, 4.69) is 6.08 Å². The van der Waals surface area contributed by atoms with Crippen LogP contribution in [0.1, 0.15) is 6.92 Å². The van der Waals surface area contributed by atoms with E-state index in [1.165, 1.54) is 0 Å². The Kier molecular flexibility index (Phi) is 0.926. The van der Waals surface area contributed by atoms with Crippen molar-refractivity contribution >= 4 is 0 Å². The molecule has 0 amide bonds. The zero-order valence-electron chi connectivity index (χ0n) is 3.85.